The van der Waals surface area contributed by atoms with Gasteiger partial charge in [-0.15, -0.1) is 0 Å². The van der Waals surface area contributed by atoms with Crippen molar-refractivity contribution >= 4 is 5.91 Å². The Hall–Kier alpha value is -1.66. The molecule has 0 radical (unpaired) electrons. The lowest BCUT2D eigenvalue weighted by Crippen LogP contribution is -2.39. The van der Waals surface area contributed by atoms with E-state index in [4.69, 9.17) is 15.2 Å². The van der Waals surface area contributed by atoms with Crippen LogP contribution in [0.1, 0.15) is 16.8 Å². The van der Waals surface area contributed by atoms with Gasteiger partial charge in [0.2, 0.25) is 0 Å². The van der Waals surface area contributed by atoms with E-state index in [1.807, 2.05) is 0 Å². The second kappa shape index (κ2) is 7.70. The number of rotatable bonds is 7. The molecule has 0 saturated carbocycles. The molecule has 1 atom stereocenters. The molecule has 0 fully saturated rings. The fourth-order valence-corrected chi connectivity index (χ4v) is 1.67. The molecule has 0 aliphatic carbocycles. The highest BCUT2D eigenvalue weighted by Crippen LogP contribution is 2.16. The van der Waals surface area contributed by atoms with Gasteiger partial charge in [-0.25, -0.2) is 4.39 Å². The highest BCUT2D eigenvalue weighted by Gasteiger charge is 2.16. The predicted molar refractivity (Wildman–Crippen MR) is 69.8 cm³/mol. The minimum Gasteiger partial charge on any atom is -0.497 e. The molecule has 5 nitrogen and oxygen atoms in total. The van der Waals surface area contributed by atoms with Crippen LogP contribution in [-0.4, -0.2) is 39.3 Å². The molecule has 0 spiro atoms. The average molecular weight is 270 g/mol. The maximum Gasteiger partial charge on any atom is 0.254 e. The molecule has 1 amide bonds. The first-order chi connectivity index (χ1) is 9.12. The Balaban J connectivity index is 2.76. The summed E-state index contributed by atoms with van der Waals surface area (Å²) in [6, 6.07) is 3.86. The topological polar surface area (TPSA) is 73.6 Å². The van der Waals surface area contributed by atoms with Gasteiger partial charge in [0.25, 0.3) is 5.91 Å². The minimum absolute atomic E-state index is 0.0288. The summed E-state index contributed by atoms with van der Waals surface area (Å²) in [5.41, 5.74) is 5.42. The van der Waals surface area contributed by atoms with Crippen molar-refractivity contribution in [2.24, 2.45) is 5.73 Å². The molecule has 0 bridgehead atoms. The number of benzene rings is 1. The van der Waals surface area contributed by atoms with Gasteiger partial charge in [0.1, 0.15) is 11.6 Å². The SMILES string of the molecule is COCC(CCN)NC(=O)c1ccc(OC)cc1F. The number of halogens is 1. The zero-order valence-electron chi connectivity index (χ0n) is 11.1. The number of methoxy groups -OCH3 is 2. The van der Waals surface area contributed by atoms with E-state index < -0.39 is 11.7 Å². The lowest BCUT2D eigenvalue weighted by Gasteiger charge is -2.17. The van der Waals surface area contributed by atoms with E-state index in [0.29, 0.717) is 25.3 Å². The van der Waals surface area contributed by atoms with E-state index in [9.17, 15) is 9.18 Å². The molecule has 1 aromatic rings. The van der Waals surface area contributed by atoms with Gasteiger partial charge in [-0.3, -0.25) is 4.79 Å². The Labute approximate surface area is 111 Å². The van der Waals surface area contributed by atoms with Crippen molar-refractivity contribution in [2.75, 3.05) is 27.4 Å². The number of carbonyl (C=O) groups is 1. The first kappa shape index (κ1) is 15.4. The zero-order chi connectivity index (χ0) is 14.3. The Bertz CT molecular complexity index is 420. The second-order valence-corrected chi connectivity index (χ2v) is 4.05. The van der Waals surface area contributed by atoms with Crippen LogP contribution in [0.2, 0.25) is 0 Å². The molecule has 6 heteroatoms. The number of ether oxygens (including phenoxy) is 2. The fraction of sp³-hybridized carbons (Fsp3) is 0.462. The van der Waals surface area contributed by atoms with Gasteiger partial charge in [0.05, 0.1) is 25.3 Å². The van der Waals surface area contributed by atoms with Crippen molar-refractivity contribution in [2.45, 2.75) is 12.5 Å². The van der Waals surface area contributed by atoms with Gasteiger partial charge in [0, 0.05) is 13.2 Å². The highest BCUT2D eigenvalue weighted by atomic mass is 19.1. The Morgan fingerprint density at radius 1 is 1.47 bits per heavy atom. The van der Waals surface area contributed by atoms with Crippen molar-refractivity contribution in [3.8, 4) is 5.75 Å². The van der Waals surface area contributed by atoms with Crippen molar-refractivity contribution in [1.29, 1.82) is 0 Å². The lowest BCUT2D eigenvalue weighted by atomic mass is 10.1. The molecule has 106 valence electrons. The number of nitrogens with one attached hydrogen (secondary N) is 1. The van der Waals surface area contributed by atoms with Gasteiger partial charge in [-0.2, -0.15) is 0 Å². The fourth-order valence-electron chi connectivity index (χ4n) is 1.67. The normalized spacial score (nSPS) is 12.0. The first-order valence-electron chi connectivity index (χ1n) is 5.95. The molecule has 1 rings (SSSR count). The van der Waals surface area contributed by atoms with E-state index >= 15 is 0 Å². The van der Waals surface area contributed by atoms with Crippen LogP contribution in [0.15, 0.2) is 18.2 Å². The number of nitrogens with two attached hydrogens (primary N) is 1. The minimum atomic E-state index is -0.624. The lowest BCUT2D eigenvalue weighted by molar-refractivity contribution is 0.0889. The van der Waals surface area contributed by atoms with Gasteiger partial charge in [-0.05, 0) is 25.1 Å². The number of hydrogen-bond donors (Lipinski definition) is 2. The molecule has 19 heavy (non-hydrogen) atoms. The smallest absolute Gasteiger partial charge is 0.254 e. The van der Waals surface area contributed by atoms with Gasteiger partial charge < -0.3 is 20.5 Å². The molecule has 0 aliphatic heterocycles. The molecule has 0 heterocycles. The van der Waals surface area contributed by atoms with Gasteiger partial charge in [0.15, 0.2) is 0 Å². The predicted octanol–water partition coefficient (Wildman–Crippen LogP) is 0.928. The van der Waals surface area contributed by atoms with Crippen LogP contribution in [0, 0.1) is 5.82 Å². The standard InChI is InChI=1S/C13H19FN2O3/c1-18-8-9(5-6-15)16-13(17)11-4-3-10(19-2)7-12(11)14/h3-4,7,9H,5-6,8,15H2,1-2H3,(H,16,17). The summed E-state index contributed by atoms with van der Waals surface area (Å²) >= 11 is 0. The third-order valence-electron chi connectivity index (χ3n) is 2.64. The molecule has 0 aliphatic rings. The molecule has 1 unspecified atom stereocenters. The van der Waals surface area contributed by atoms with Crippen LogP contribution < -0.4 is 15.8 Å². The van der Waals surface area contributed by atoms with E-state index in [2.05, 4.69) is 5.32 Å². The third-order valence-corrected chi connectivity index (χ3v) is 2.64. The molecule has 1 aromatic carbocycles. The summed E-state index contributed by atoms with van der Waals surface area (Å²) < 4.78 is 23.6. The Kier molecular flexibility index (Phi) is 6.24. The van der Waals surface area contributed by atoms with Crippen LogP contribution in [0.4, 0.5) is 4.39 Å². The summed E-state index contributed by atoms with van der Waals surface area (Å²) in [6.45, 7) is 0.750. The zero-order valence-corrected chi connectivity index (χ0v) is 11.1. The second-order valence-electron chi connectivity index (χ2n) is 4.05. The Morgan fingerprint density at radius 3 is 2.74 bits per heavy atom. The summed E-state index contributed by atoms with van der Waals surface area (Å²) in [7, 11) is 2.97. The maximum absolute atomic E-state index is 13.7. The summed E-state index contributed by atoms with van der Waals surface area (Å²) in [5.74, 6) is -0.749. The molecule has 0 saturated heterocycles. The number of hydrogen-bond acceptors (Lipinski definition) is 4. The molecular weight excluding hydrogens is 251 g/mol. The molecule has 0 aromatic heterocycles. The summed E-state index contributed by atoms with van der Waals surface area (Å²) in [6.07, 6.45) is 0.567. The van der Waals surface area contributed by atoms with Crippen LogP contribution in [0.3, 0.4) is 0 Å². The van der Waals surface area contributed by atoms with Crippen molar-refractivity contribution < 1.29 is 18.7 Å². The van der Waals surface area contributed by atoms with Crippen LogP contribution >= 0.6 is 0 Å². The van der Waals surface area contributed by atoms with E-state index in [1.165, 1.54) is 32.4 Å². The summed E-state index contributed by atoms with van der Waals surface area (Å²) in [5, 5.41) is 2.69. The van der Waals surface area contributed by atoms with Crippen LogP contribution in [0.5, 0.6) is 5.75 Å². The monoisotopic (exact) mass is 270 g/mol. The van der Waals surface area contributed by atoms with E-state index in [1.54, 1.807) is 0 Å². The quantitative estimate of drug-likeness (QED) is 0.773. The largest absolute Gasteiger partial charge is 0.497 e. The first-order valence-corrected chi connectivity index (χ1v) is 5.95. The Morgan fingerprint density at radius 2 is 2.21 bits per heavy atom. The summed E-state index contributed by atoms with van der Waals surface area (Å²) in [4.78, 5) is 11.9. The maximum atomic E-state index is 13.7. The van der Waals surface area contributed by atoms with Crippen molar-refractivity contribution in [1.82, 2.24) is 5.32 Å². The van der Waals surface area contributed by atoms with Gasteiger partial charge in [-0.1, -0.05) is 0 Å². The number of amides is 1. The van der Waals surface area contributed by atoms with Gasteiger partial charge >= 0.3 is 0 Å². The van der Waals surface area contributed by atoms with Crippen molar-refractivity contribution in [3.05, 3.63) is 29.6 Å². The van der Waals surface area contributed by atoms with Crippen LogP contribution in [-0.2, 0) is 4.74 Å². The highest BCUT2D eigenvalue weighted by molar-refractivity contribution is 5.94. The van der Waals surface area contributed by atoms with E-state index in [0.717, 1.165) is 0 Å². The molecular formula is C13H19FN2O3. The van der Waals surface area contributed by atoms with Crippen molar-refractivity contribution in [3.63, 3.8) is 0 Å². The van der Waals surface area contributed by atoms with Crippen LogP contribution in [0.25, 0.3) is 0 Å². The van der Waals surface area contributed by atoms with E-state index in [-0.39, 0.29) is 11.6 Å². The number of carbonyl (C=O) groups excluding carboxylic acids is 1. The molecule has 3 N–H and O–H groups in total. The average Bonchev–Trinajstić information content (AvgIpc) is 2.38. The third kappa shape index (κ3) is 4.50.